The SMILES string of the molecule is O=C(NCc1nnc2n1CCC2)Nc1cc([N+](=O)[O-])ccc1OC(F)F. The molecule has 0 radical (unpaired) electrons. The summed E-state index contributed by atoms with van der Waals surface area (Å²) >= 11 is 0. The van der Waals surface area contributed by atoms with Gasteiger partial charge in [0.2, 0.25) is 0 Å². The Morgan fingerprint density at radius 1 is 1.42 bits per heavy atom. The lowest BCUT2D eigenvalue weighted by atomic mass is 10.2. The Hall–Kier alpha value is -3.31. The molecule has 0 unspecified atom stereocenters. The van der Waals surface area contributed by atoms with Crippen molar-refractivity contribution in [2.45, 2.75) is 32.5 Å². The standard InChI is InChI=1S/C14H14F2N6O4/c15-13(16)26-10-4-3-8(22(24)25)6-9(10)18-14(23)17-7-12-20-19-11-2-1-5-21(11)12/h3-4,6,13H,1-2,5,7H2,(H2,17,18,23). The fourth-order valence-electron chi connectivity index (χ4n) is 2.60. The number of urea groups is 1. The molecule has 1 aromatic carbocycles. The van der Waals surface area contributed by atoms with Gasteiger partial charge in [-0.1, -0.05) is 0 Å². The highest BCUT2D eigenvalue weighted by molar-refractivity contribution is 5.91. The van der Waals surface area contributed by atoms with E-state index >= 15 is 0 Å². The summed E-state index contributed by atoms with van der Waals surface area (Å²) < 4.78 is 31.1. The maximum atomic E-state index is 12.5. The van der Waals surface area contributed by atoms with Gasteiger partial charge in [0.25, 0.3) is 5.69 Å². The van der Waals surface area contributed by atoms with Crippen LogP contribution in [0.25, 0.3) is 0 Å². The van der Waals surface area contributed by atoms with Crippen LogP contribution in [0.2, 0.25) is 0 Å². The first-order valence-corrected chi connectivity index (χ1v) is 7.63. The predicted molar refractivity (Wildman–Crippen MR) is 83.9 cm³/mol. The van der Waals surface area contributed by atoms with Crippen LogP contribution in [0.4, 0.5) is 25.0 Å². The number of carbonyl (C=O) groups is 1. The summed E-state index contributed by atoms with van der Waals surface area (Å²) in [6.07, 6.45) is 1.77. The zero-order chi connectivity index (χ0) is 18.7. The van der Waals surface area contributed by atoms with Crippen molar-refractivity contribution in [1.29, 1.82) is 0 Å². The van der Waals surface area contributed by atoms with E-state index in [0.717, 1.165) is 43.4 Å². The number of aryl methyl sites for hydroxylation is 1. The Bertz CT molecular complexity index is 841. The molecule has 0 saturated heterocycles. The third-order valence-corrected chi connectivity index (χ3v) is 3.73. The van der Waals surface area contributed by atoms with E-state index < -0.39 is 17.6 Å². The molecule has 10 nitrogen and oxygen atoms in total. The van der Waals surface area contributed by atoms with Gasteiger partial charge in [-0.2, -0.15) is 8.78 Å². The van der Waals surface area contributed by atoms with Crippen LogP contribution >= 0.6 is 0 Å². The average molecular weight is 368 g/mol. The molecule has 26 heavy (non-hydrogen) atoms. The Labute approximate surface area is 145 Å². The van der Waals surface area contributed by atoms with Gasteiger partial charge in [-0.25, -0.2) is 4.79 Å². The van der Waals surface area contributed by atoms with Gasteiger partial charge in [0.05, 0.1) is 17.2 Å². The number of amides is 2. The molecular formula is C14H14F2N6O4. The highest BCUT2D eigenvalue weighted by Crippen LogP contribution is 2.30. The van der Waals surface area contributed by atoms with Crippen LogP contribution in [0.5, 0.6) is 5.75 Å². The monoisotopic (exact) mass is 368 g/mol. The van der Waals surface area contributed by atoms with E-state index in [2.05, 4.69) is 25.6 Å². The van der Waals surface area contributed by atoms with E-state index in [1.807, 2.05) is 4.57 Å². The molecule has 12 heteroatoms. The molecule has 1 aliphatic heterocycles. The minimum Gasteiger partial charge on any atom is -0.433 e. The number of aromatic nitrogens is 3. The van der Waals surface area contributed by atoms with Gasteiger partial charge in [0.1, 0.15) is 11.6 Å². The van der Waals surface area contributed by atoms with E-state index in [1.54, 1.807) is 0 Å². The van der Waals surface area contributed by atoms with E-state index in [1.165, 1.54) is 0 Å². The van der Waals surface area contributed by atoms with Gasteiger partial charge in [-0.05, 0) is 12.5 Å². The third-order valence-electron chi connectivity index (χ3n) is 3.73. The Morgan fingerprint density at radius 3 is 2.96 bits per heavy atom. The van der Waals surface area contributed by atoms with Crippen molar-refractivity contribution in [2.24, 2.45) is 0 Å². The van der Waals surface area contributed by atoms with Gasteiger partial charge < -0.3 is 19.9 Å². The van der Waals surface area contributed by atoms with Gasteiger partial charge in [-0.3, -0.25) is 10.1 Å². The topological polar surface area (TPSA) is 124 Å². The number of nitro groups is 1. The Morgan fingerprint density at radius 2 is 2.23 bits per heavy atom. The molecule has 3 rings (SSSR count). The Kier molecular flexibility index (Phi) is 4.91. The number of carbonyl (C=O) groups excluding carboxylic acids is 1. The second-order valence-corrected chi connectivity index (χ2v) is 5.41. The minimum absolute atomic E-state index is 0.0683. The summed E-state index contributed by atoms with van der Waals surface area (Å²) in [4.78, 5) is 22.2. The minimum atomic E-state index is -3.14. The van der Waals surface area contributed by atoms with Gasteiger partial charge >= 0.3 is 12.6 Å². The molecule has 0 bridgehead atoms. The average Bonchev–Trinajstić information content (AvgIpc) is 3.17. The van der Waals surface area contributed by atoms with Crippen molar-refractivity contribution >= 4 is 17.4 Å². The molecule has 0 saturated carbocycles. The number of nitrogens with one attached hydrogen (secondary N) is 2. The molecule has 1 aliphatic rings. The smallest absolute Gasteiger partial charge is 0.387 e. The summed E-state index contributed by atoms with van der Waals surface area (Å²) in [6, 6.07) is 2.18. The molecule has 2 aromatic rings. The normalized spacial score (nSPS) is 12.7. The number of fused-ring (bicyclic) bond motifs is 1. The highest BCUT2D eigenvalue weighted by Gasteiger charge is 2.19. The number of non-ortho nitro benzene ring substituents is 1. The fraction of sp³-hybridized carbons (Fsp3) is 0.357. The van der Waals surface area contributed by atoms with Crippen molar-refractivity contribution in [3.05, 3.63) is 40.0 Å². The molecular weight excluding hydrogens is 354 g/mol. The number of hydrogen-bond donors (Lipinski definition) is 2. The largest absolute Gasteiger partial charge is 0.433 e. The number of nitrogens with zero attached hydrogens (tertiary/aromatic N) is 4. The molecule has 1 aromatic heterocycles. The Balaban J connectivity index is 1.68. The quantitative estimate of drug-likeness (QED) is 0.594. The van der Waals surface area contributed by atoms with E-state index in [9.17, 15) is 23.7 Å². The van der Waals surface area contributed by atoms with E-state index in [4.69, 9.17) is 0 Å². The van der Waals surface area contributed by atoms with Crippen LogP contribution in [-0.2, 0) is 19.5 Å². The van der Waals surface area contributed by atoms with Crippen LogP contribution in [0, 0.1) is 10.1 Å². The summed E-state index contributed by atoms with van der Waals surface area (Å²) in [5.41, 5.74) is -0.624. The first kappa shape index (κ1) is 17.5. The van der Waals surface area contributed by atoms with Crippen LogP contribution in [0.15, 0.2) is 18.2 Å². The molecule has 2 N–H and O–H groups in total. The highest BCUT2D eigenvalue weighted by atomic mass is 19.3. The van der Waals surface area contributed by atoms with Crippen molar-refractivity contribution in [1.82, 2.24) is 20.1 Å². The maximum Gasteiger partial charge on any atom is 0.387 e. The first-order chi connectivity index (χ1) is 12.4. The molecule has 2 amide bonds. The zero-order valence-electron chi connectivity index (χ0n) is 13.3. The van der Waals surface area contributed by atoms with Gasteiger partial charge in [0, 0.05) is 25.1 Å². The van der Waals surface area contributed by atoms with Gasteiger partial charge in [-0.15, -0.1) is 10.2 Å². The summed E-state index contributed by atoms with van der Waals surface area (Å²) in [5, 5.41) is 23.6. The first-order valence-electron chi connectivity index (χ1n) is 7.63. The van der Waals surface area contributed by atoms with Crippen LogP contribution in [0.1, 0.15) is 18.1 Å². The number of halogens is 2. The molecule has 0 atom stereocenters. The van der Waals surface area contributed by atoms with Gasteiger partial charge in [0.15, 0.2) is 5.82 Å². The molecule has 0 spiro atoms. The van der Waals surface area contributed by atoms with Crippen LogP contribution in [0.3, 0.4) is 0 Å². The predicted octanol–water partition coefficient (Wildman–Crippen LogP) is 2.06. The summed E-state index contributed by atoms with van der Waals surface area (Å²) in [5.74, 6) is 1.02. The van der Waals surface area contributed by atoms with Crippen molar-refractivity contribution in [3.8, 4) is 5.75 Å². The third kappa shape index (κ3) is 3.84. The van der Waals surface area contributed by atoms with E-state index in [0.29, 0.717) is 5.82 Å². The number of benzene rings is 1. The number of nitro benzene ring substituents is 1. The molecule has 138 valence electrons. The van der Waals surface area contributed by atoms with Crippen molar-refractivity contribution in [3.63, 3.8) is 0 Å². The second kappa shape index (κ2) is 7.29. The molecule has 0 aliphatic carbocycles. The summed E-state index contributed by atoms with van der Waals surface area (Å²) in [7, 11) is 0. The molecule has 0 fully saturated rings. The van der Waals surface area contributed by atoms with Crippen LogP contribution < -0.4 is 15.4 Å². The number of anilines is 1. The number of ether oxygens (including phenoxy) is 1. The van der Waals surface area contributed by atoms with Crippen LogP contribution in [-0.4, -0.2) is 32.3 Å². The fourth-order valence-corrected chi connectivity index (χ4v) is 2.60. The zero-order valence-corrected chi connectivity index (χ0v) is 13.3. The number of alkyl halides is 2. The second-order valence-electron chi connectivity index (χ2n) is 5.41. The number of rotatable bonds is 6. The van der Waals surface area contributed by atoms with Crippen molar-refractivity contribution in [2.75, 3.05) is 5.32 Å². The summed E-state index contributed by atoms with van der Waals surface area (Å²) in [6.45, 7) is -2.31. The number of hydrogen-bond acceptors (Lipinski definition) is 6. The maximum absolute atomic E-state index is 12.5. The lowest BCUT2D eigenvalue weighted by molar-refractivity contribution is -0.384. The van der Waals surface area contributed by atoms with Crippen molar-refractivity contribution < 1.29 is 23.2 Å². The van der Waals surface area contributed by atoms with E-state index in [-0.39, 0.29) is 23.7 Å². The lowest BCUT2D eigenvalue weighted by Crippen LogP contribution is -2.29. The molecule has 2 heterocycles. The lowest BCUT2D eigenvalue weighted by Gasteiger charge is -2.12.